The third kappa shape index (κ3) is 1.57. The van der Waals surface area contributed by atoms with Crippen LogP contribution in [0.2, 0.25) is 0 Å². The molecule has 0 saturated heterocycles. The van der Waals surface area contributed by atoms with Crippen LogP contribution in [-0.4, -0.2) is 0 Å². The third-order valence-electron chi connectivity index (χ3n) is 5.53. The number of hydrogen-bond acceptors (Lipinski definition) is 0. The van der Waals surface area contributed by atoms with E-state index in [0.29, 0.717) is 5.41 Å². The zero-order valence-corrected chi connectivity index (χ0v) is 11.0. The van der Waals surface area contributed by atoms with Gasteiger partial charge in [-0.15, -0.1) is 0 Å². The second kappa shape index (κ2) is 3.62. The Morgan fingerprint density at radius 3 is 2.38 bits per heavy atom. The molecular formula is C16H26. The summed E-state index contributed by atoms with van der Waals surface area (Å²) in [5.74, 6) is 2.15. The van der Waals surface area contributed by atoms with Crippen LogP contribution in [0.15, 0.2) is 12.2 Å². The van der Waals surface area contributed by atoms with Gasteiger partial charge < -0.3 is 0 Å². The van der Waals surface area contributed by atoms with Gasteiger partial charge in [-0.25, -0.2) is 0 Å². The van der Waals surface area contributed by atoms with E-state index in [1.807, 2.05) is 0 Å². The molecule has 90 valence electrons. The third-order valence-corrected chi connectivity index (χ3v) is 5.53. The van der Waals surface area contributed by atoms with Gasteiger partial charge in [-0.3, -0.25) is 0 Å². The van der Waals surface area contributed by atoms with E-state index in [1.165, 1.54) is 32.1 Å². The van der Waals surface area contributed by atoms with E-state index in [4.69, 9.17) is 0 Å². The molecule has 4 saturated carbocycles. The predicted molar refractivity (Wildman–Crippen MR) is 69.3 cm³/mol. The maximum Gasteiger partial charge on any atom is -0.0108 e. The van der Waals surface area contributed by atoms with E-state index in [9.17, 15) is 0 Å². The summed E-state index contributed by atoms with van der Waals surface area (Å²) >= 11 is 0. The first-order chi connectivity index (χ1) is 7.69. The normalized spacial score (nSPS) is 50.4. The van der Waals surface area contributed by atoms with Gasteiger partial charge in [-0.1, -0.05) is 25.5 Å². The molecule has 4 aliphatic carbocycles. The van der Waals surface area contributed by atoms with E-state index in [1.54, 1.807) is 19.3 Å². The van der Waals surface area contributed by atoms with Crippen molar-refractivity contribution >= 4 is 0 Å². The average Bonchev–Trinajstić information content (AvgIpc) is 2.14. The van der Waals surface area contributed by atoms with E-state index in [2.05, 4.69) is 26.0 Å². The van der Waals surface area contributed by atoms with Crippen molar-refractivity contribution in [1.82, 2.24) is 0 Å². The molecule has 0 nitrogen and oxygen atoms in total. The first-order valence-electron chi connectivity index (χ1n) is 7.33. The molecule has 4 aliphatic rings. The van der Waals surface area contributed by atoms with Crippen LogP contribution in [0.4, 0.5) is 0 Å². The fourth-order valence-corrected chi connectivity index (χ4v) is 5.90. The highest BCUT2D eigenvalue weighted by molar-refractivity contribution is 5.14. The minimum absolute atomic E-state index is 0.633. The van der Waals surface area contributed by atoms with Gasteiger partial charge in [0.2, 0.25) is 0 Å². The van der Waals surface area contributed by atoms with E-state index in [-0.39, 0.29) is 0 Å². The van der Waals surface area contributed by atoms with E-state index < -0.39 is 0 Å². The molecule has 2 unspecified atom stereocenters. The molecule has 0 spiro atoms. The molecule has 4 rings (SSSR count). The van der Waals surface area contributed by atoms with Crippen LogP contribution in [0, 0.1) is 22.7 Å². The summed E-state index contributed by atoms with van der Waals surface area (Å²) in [5, 5.41) is 0. The Kier molecular flexibility index (Phi) is 2.46. The lowest BCUT2D eigenvalue weighted by Crippen LogP contribution is -2.51. The molecule has 0 aliphatic heterocycles. The Hall–Kier alpha value is -0.260. The largest absolute Gasteiger partial charge is 0.0911 e. The molecule has 0 aromatic carbocycles. The minimum Gasteiger partial charge on any atom is -0.0911 e. The molecule has 0 N–H and O–H groups in total. The highest BCUT2D eigenvalue weighted by atomic mass is 14.6. The topological polar surface area (TPSA) is 0 Å². The molecule has 0 aromatic rings. The van der Waals surface area contributed by atoms with Crippen molar-refractivity contribution in [2.75, 3.05) is 0 Å². The van der Waals surface area contributed by atoms with E-state index >= 15 is 0 Å². The monoisotopic (exact) mass is 218 g/mol. The summed E-state index contributed by atoms with van der Waals surface area (Å²) in [7, 11) is 0. The standard InChI is InChI=1S/C16H26/c1-3-5-15-8-13-7-14(9-15)11-16(10-13,12-15)6-4-2/h3,5,13-14H,4,6-12H2,1-2H3/b5-3+. The maximum absolute atomic E-state index is 2.58. The molecule has 0 radical (unpaired) electrons. The van der Waals surface area contributed by atoms with Crippen LogP contribution in [0.3, 0.4) is 0 Å². The number of hydrogen-bond donors (Lipinski definition) is 0. The molecule has 0 aromatic heterocycles. The fraction of sp³-hybridized carbons (Fsp3) is 0.875. The van der Waals surface area contributed by atoms with Gasteiger partial charge in [0, 0.05) is 0 Å². The van der Waals surface area contributed by atoms with Crippen LogP contribution in [-0.2, 0) is 0 Å². The van der Waals surface area contributed by atoms with Crippen LogP contribution >= 0.6 is 0 Å². The quantitative estimate of drug-likeness (QED) is 0.588. The molecule has 0 heteroatoms. The summed E-state index contributed by atoms with van der Waals surface area (Å²) in [6.45, 7) is 4.59. The second-order valence-electron chi connectivity index (χ2n) is 7.07. The Bertz CT molecular complexity index is 285. The van der Waals surface area contributed by atoms with Gasteiger partial charge in [0.15, 0.2) is 0 Å². The summed E-state index contributed by atoms with van der Waals surface area (Å²) in [6.07, 6.45) is 17.0. The molecule has 2 atom stereocenters. The van der Waals surface area contributed by atoms with Crippen molar-refractivity contribution in [3.8, 4) is 0 Å². The maximum atomic E-state index is 2.58. The van der Waals surface area contributed by atoms with Gasteiger partial charge in [0.25, 0.3) is 0 Å². The molecule has 0 heterocycles. The zero-order chi connectivity index (χ0) is 11.2. The van der Waals surface area contributed by atoms with E-state index in [0.717, 1.165) is 17.3 Å². The second-order valence-corrected chi connectivity index (χ2v) is 7.07. The smallest absolute Gasteiger partial charge is 0.0108 e. The highest BCUT2D eigenvalue weighted by Gasteiger charge is 2.55. The Morgan fingerprint density at radius 1 is 1.12 bits per heavy atom. The van der Waals surface area contributed by atoms with Gasteiger partial charge in [0.05, 0.1) is 0 Å². The average molecular weight is 218 g/mol. The SMILES string of the molecule is C/C=C/C12CC3CC(C1)CC(CCC)(C3)C2. The summed E-state index contributed by atoms with van der Waals surface area (Å²) in [5.41, 5.74) is 1.40. The van der Waals surface area contributed by atoms with Gasteiger partial charge >= 0.3 is 0 Å². The highest BCUT2D eigenvalue weighted by Crippen LogP contribution is 2.66. The fourth-order valence-electron chi connectivity index (χ4n) is 5.90. The molecule has 4 bridgehead atoms. The Balaban J connectivity index is 1.90. The molecular weight excluding hydrogens is 192 g/mol. The van der Waals surface area contributed by atoms with Crippen molar-refractivity contribution in [3.63, 3.8) is 0 Å². The lowest BCUT2D eigenvalue weighted by molar-refractivity contribution is -0.0916. The first-order valence-corrected chi connectivity index (χ1v) is 7.33. The van der Waals surface area contributed by atoms with Gasteiger partial charge in [-0.2, -0.15) is 0 Å². The summed E-state index contributed by atoms with van der Waals surface area (Å²) in [6, 6.07) is 0. The van der Waals surface area contributed by atoms with Crippen molar-refractivity contribution < 1.29 is 0 Å². The molecule has 0 amide bonds. The summed E-state index contributed by atoms with van der Waals surface area (Å²) in [4.78, 5) is 0. The predicted octanol–water partition coefficient (Wildman–Crippen LogP) is 4.95. The lowest BCUT2D eigenvalue weighted by atomic mass is 9.43. The minimum atomic E-state index is 0.633. The molecule has 4 fully saturated rings. The lowest BCUT2D eigenvalue weighted by Gasteiger charge is -2.62. The summed E-state index contributed by atoms with van der Waals surface area (Å²) < 4.78 is 0. The van der Waals surface area contributed by atoms with Crippen LogP contribution in [0.1, 0.15) is 65.2 Å². The van der Waals surface area contributed by atoms with Crippen molar-refractivity contribution in [1.29, 1.82) is 0 Å². The van der Waals surface area contributed by atoms with Crippen molar-refractivity contribution in [2.24, 2.45) is 22.7 Å². The Labute approximate surface area is 101 Å². The number of allylic oxidation sites excluding steroid dienone is 2. The first kappa shape index (κ1) is 10.9. The van der Waals surface area contributed by atoms with Crippen molar-refractivity contribution in [3.05, 3.63) is 12.2 Å². The van der Waals surface area contributed by atoms with Crippen LogP contribution < -0.4 is 0 Å². The van der Waals surface area contributed by atoms with Crippen molar-refractivity contribution in [2.45, 2.75) is 65.2 Å². The zero-order valence-electron chi connectivity index (χ0n) is 11.0. The van der Waals surface area contributed by atoms with Crippen LogP contribution in [0.25, 0.3) is 0 Å². The Morgan fingerprint density at radius 2 is 1.81 bits per heavy atom. The van der Waals surface area contributed by atoms with Crippen LogP contribution in [0.5, 0.6) is 0 Å². The van der Waals surface area contributed by atoms with Gasteiger partial charge in [0.1, 0.15) is 0 Å². The number of rotatable bonds is 3. The molecule has 16 heavy (non-hydrogen) atoms. The van der Waals surface area contributed by atoms with Gasteiger partial charge in [-0.05, 0) is 74.5 Å².